The van der Waals surface area contributed by atoms with Gasteiger partial charge in [-0.15, -0.1) is 0 Å². The van der Waals surface area contributed by atoms with Crippen molar-refractivity contribution in [3.63, 3.8) is 0 Å². The molecule has 0 bridgehead atoms. The number of aliphatic carboxylic acids is 2. The number of carbonyl (C=O) groups excluding carboxylic acids is 1. The van der Waals surface area contributed by atoms with Crippen LogP contribution in [-0.2, 0) is 30.3 Å². The van der Waals surface area contributed by atoms with Crippen molar-refractivity contribution in [3.8, 4) is 0 Å². The van der Waals surface area contributed by atoms with E-state index in [1.807, 2.05) is 30.3 Å². The number of esters is 1. The van der Waals surface area contributed by atoms with Gasteiger partial charge in [0.25, 0.3) is 0 Å². The predicted molar refractivity (Wildman–Crippen MR) is 135 cm³/mol. The third-order valence-corrected chi connectivity index (χ3v) is 4.92. The molecular formula is C24H28Cl2N2O8. The number of carboxylic acids is 2. The third-order valence-electron chi connectivity index (χ3n) is 4.30. The van der Waals surface area contributed by atoms with Gasteiger partial charge in [0.1, 0.15) is 6.61 Å². The summed E-state index contributed by atoms with van der Waals surface area (Å²) in [7, 11) is 0. The largest absolute Gasteiger partial charge is 0.478 e. The summed E-state index contributed by atoms with van der Waals surface area (Å²) in [5.41, 5.74) is 7.48. The van der Waals surface area contributed by atoms with Crippen molar-refractivity contribution in [2.24, 2.45) is 0 Å². The molecule has 0 radical (unpaired) electrons. The number of anilines is 1. The fourth-order valence-electron chi connectivity index (χ4n) is 2.57. The van der Waals surface area contributed by atoms with E-state index in [1.54, 1.807) is 12.1 Å². The normalized spacial score (nSPS) is 11.4. The standard InChI is InChI=1S/C20H24Cl2N2O4.C4H4O4/c21-16-11-15(12-17(22)20(16)23)18(25)13-24-6-7-27-8-9-28-19(26)10-14-4-2-1-3-5-14;5-3(6)1-2-4(7)8/h1-5,11-12,18,24-25H,6-10,13,23H2;1-2H,(H,5,6)(H,7,8)/b;2-1+. The van der Waals surface area contributed by atoms with E-state index in [1.165, 1.54) is 0 Å². The Labute approximate surface area is 218 Å². The SMILES string of the molecule is Nc1c(Cl)cc(C(O)CNCCOCCOC(=O)Cc2ccccc2)cc1Cl.O=C(O)/C=C/C(=O)O. The summed E-state index contributed by atoms with van der Waals surface area (Å²) in [5, 5.41) is 29.5. The fourth-order valence-corrected chi connectivity index (χ4v) is 3.07. The third kappa shape index (κ3) is 13.7. The van der Waals surface area contributed by atoms with Crippen molar-refractivity contribution in [2.75, 3.05) is 38.6 Å². The van der Waals surface area contributed by atoms with Gasteiger partial charge in [0, 0.05) is 25.2 Å². The molecule has 0 saturated heterocycles. The highest BCUT2D eigenvalue weighted by Gasteiger charge is 2.12. The molecule has 0 aromatic heterocycles. The monoisotopic (exact) mass is 542 g/mol. The van der Waals surface area contributed by atoms with E-state index >= 15 is 0 Å². The number of carboxylic acid groups (broad SMARTS) is 2. The lowest BCUT2D eigenvalue weighted by Gasteiger charge is -2.14. The topological polar surface area (TPSA) is 168 Å². The van der Waals surface area contributed by atoms with Crippen LogP contribution in [0, 0.1) is 0 Å². The smallest absolute Gasteiger partial charge is 0.328 e. The molecule has 0 aliphatic carbocycles. The van der Waals surface area contributed by atoms with E-state index in [0.29, 0.717) is 59.8 Å². The van der Waals surface area contributed by atoms with E-state index in [4.69, 9.17) is 48.6 Å². The highest BCUT2D eigenvalue weighted by atomic mass is 35.5. The molecule has 0 amide bonds. The number of benzene rings is 2. The molecule has 196 valence electrons. The van der Waals surface area contributed by atoms with Crippen LogP contribution < -0.4 is 11.1 Å². The Morgan fingerprint density at radius 3 is 2.11 bits per heavy atom. The van der Waals surface area contributed by atoms with Crippen LogP contribution in [0.25, 0.3) is 0 Å². The summed E-state index contributed by atoms with van der Waals surface area (Å²) in [6.07, 6.45) is 0.596. The molecule has 1 unspecified atom stereocenters. The minimum absolute atomic E-state index is 0.205. The molecule has 0 heterocycles. The average Bonchev–Trinajstić information content (AvgIpc) is 2.83. The number of rotatable bonds is 13. The minimum atomic E-state index is -1.26. The lowest BCUT2D eigenvalue weighted by Crippen LogP contribution is -2.26. The van der Waals surface area contributed by atoms with Crippen molar-refractivity contribution in [1.29, 1.82) is 0 Å². The van der Waals surface area contributed by atoms with Crippen molar-refractivity contribution in [3.05, 3.63) is 75.8 Å². The number of nitrogens with two attached hydrogens (primary N) is 1. The number of aliphatic hydroxyl groups is 1. The number of halogens is 2. The van der Waals surface area contributed by atoms with E-state index in [0.717, 1.165) is 5.56 Å². The van der Waals surface area contributed by atoms with E-state index in [9.17, 15) is 19.5 Å². The van der Waals surface area contributed by atoms with Gasteiger partial charge >= 0.3 is 17.9 Å². The molecule has 2 rings (SSSR count). The molecule has 2 aromatic rings. The van der Waals surface area contributed by atoms with Gasteiger partial charge in [0.2, 0.25) is 0 Å². The highest BCUT2D eigenvalue weighted by molar-refractivity contribution is 6.38. The quantitative estimate of drug-likeness (QED) is 0.110. The summed E-state index contributed by atoms with van der Waals surface area (Å²) in [6, 6.07) is 12.6. The predicted octanol–water partition coefficient (Wildman–Crippen LogP) is 2.71. The lowest BCUT2D eigenvalue weighted by atomic mass is 10.1. The summed E-state index contributed by atoms with van der Waals surface area (Å²) in [6.45, 7) is 1.79. The first-order chi connectivity index (χ1) is 17.1. The molecule has 6 N–H and O–H groups in total. The minimum Gasteiger partial charge on any atom is -0.478 e. The van der Waals surface area contributed by atoms with Crippen LogP contribution >= 0.6 is 23.2 Å². The summed E-state index contributed by atoms with van der Waals surface area (Å²) < 4.78 is 10.5. The molecule has 0 saturated carbocycles. The molecular weight excluding hydrogens is 515 g/mol. The molecule has 2 aromatic carbocycles. The van der Waals surface area contributed by atoms with Crippen molar-refractivity contribution in [2.45, 2.75) is 12.5 Å². The summed E-state index contributed by atoms with van der Waals surface area (Å²) in [4.78, 5) is 30.8. The zero-order valence-corrected chi connectivity index (χ0v) is 20.7. The Hall–Kier alpha value is -3.15. The van der Waals surface area contributed by atoms with Crippen LogP contribution in [-0.4, -0.2) is 66.1 Å². The van der Waals surface area contributed by atoms with Crippen LogP contribution in [0.2, 0.25) is 10.0 Å². The fraction of sp³-hybridized carbons (Fsp3) is 0.292. The zero-order chi connectivity index (χ0) is 26.9. The van der Waals surface area contributed by atoms with Crippen molar-refractivity contribution >= 4 is 46.8 Å². The van der Waals surface area contributed by atoms with Gasteiger partial charge in [-0.3, -0.25) is 4.79 Å². The van der Waals surface area contributed by atoms with Crippen molar-refractivity contribution in [1.82, 2.24) is 5.32 Å². The van der Waals surface area contributed by atoms with Gasteiger partial charge < -0.3 is 35.8 Å². The molecule has 12 heteroatoms. The molecule has 1 atom stereocenters. The number of nitrogens with one attached hydrogen (secondary N) is 1. The second-order valence-electron chi connectivity index (χ2n) is 7.12. The first-order valence-corrected chi connectivity index (χ1v) is 11.4. The maximum absolute atomic E-state index is 11.7. The molecule has 0 aliphatic heterocycles. The second-order valence-corrected chi connectivity index (χ2v) is 7.94. The molecule has 0 fully saturated rings. The zero-order valence-electron chi connectivity index (χ0n) is 19.2. The molecule has 0 spiro atoms. The Morgan fingerprint density at radius 1 is 0.972 bits per heavy atom. The maximum Gasteiger partial charge on any atom is 0.328 e. The second kappa shape index (κ2) is 17.3. The van der Waals surface area contributed by atoms with E-state index < -0.39 is 18.0 Å². The van der Waals surface area contributed by atoms with Crippen molar-refractivity contribution < 1.29 is 39.2 Å². The van der Waals surface area contributed by atoms with Crippen LogP contribution in [0.1, 0.15) is 17.2 Å². The van der Waals surface area contributed by atoms with Gasteiger partial charge in [0.05, 0.1) is 41.5 Å². The Morgan fingerprint density at radius 2 is 1.56 bits per heavy atom. The van der Waals surface area contributed by atoms with E-state index in [-0.39, 0.29) is 19.0 Å². The van der Waals surface area contributed by atoms with Gasteiger partial charge in [-0.2, -0.15) is 0 Å². The number of carbonyl (C=O) groups is 3. The number of hydrogen-bond acceptors (Lipinski definition) is 8. The van der Waals surface area contributed by atoms with Crippen LogP contribution in [0.3, 0.4) is 0 Å². The Bertz CT molecular complexity index is 979. The Kier molecular flexibility index (Phi) is 14.8. The van der Waals surface area contributed by atoms with Gasteiger partial charge in [0.15, 0.2) is 0 Å². The van der Waals surface area contributed by atoms with Crippen LogP contribution in [0.4, 0.5) is 5.69 Å². The summed E-state index contributed by atoms with van der Waals surface area (Å²) in [5.74, 6) is -2.79. The number of hydrogen-bond donors (Lipinski definition) is 5. The number of aliphatic hydroxyl groups excluding tert-OH is 1. The van der Waals surface area contributed by atoms with E-state index in [2.05, 4.69) is 5.32 Å². The number of ether oxygens (including phenoxy) is 2. The van der Waals surface area contributed by atoms with Crippen LogP contribution in [0.15, 0.2) is 54.6 Å². The average molecular weight is 543 g/mol. The van der Waals surface area contributed by atoms with Gasteiger partial charge in [-0.1, -0.05) is 53.5 Å². The number of nitrogen functional groups attached to an aromatic ring is 1. The Balaban J connectivity index is 0.000000697. The highest BCUT2D eigenvalue weighted by Crippen LogP contribution is 2.31. The lowest BCUT2D eigenvalue weighted by molar-refractivity contribution is -0.144. The molecule has 36 heavy (non-hydrogen) atoms. The molecule has 0 aliphatic rings. The molecule has 10 nitrogen and oxygen atoms in total. The van der Waals surface area contributed by atoms with Gasteiger partial charge in [-0.25, -0.2) is 9.59 Å². The van der Waals surface area contributed by atoms with Crippen LogP contribution in [0.5, 0.6) is 0 Å². The summed E-state index contributed by atoms with van der Waals surface area (Å²) >= 11 is 11.9. The first kappa shape index (κ1) is 30.9. The first-order valence-electron chi connectivity index (χ1n) is 10.6. The maximum atomic E-state index is 11.7. The van der Waals surface area contributed by atoms with Gasteiger partial charge in [-0.05, 0) is 23.3 Å².